The molecule has 0 spiro atoms. The molecule has 0 N–H and O–H groups in total. The number of rotatable bonds is 7. The van der Waals surface area contributed by atoms with E-state index in [0.29, 0.717) is 11.1 Å². The van der Waals surface area contributed by atoms with E-state index < -0.39 is 0 Å². The zero-order chi connectivity index (χ0) is 26.6. The average Bonchev–Trinajstić information content (AvgIpc) is 3.00. The second kappa shape index (κ2) is 10.6. The van der Waals surface area contributed by atoms with Gasteiger partial charge in [0.2, 0.25) is 0 Å². The number of aldehydes is 1. The van der Waals surface area contributed by atoms with Gasteiger partial charge in [-0.05, 0) is 81.7 Å². The summed E-state index contributed by atoms with van der Waals surface area (Å²) in [6.45, 7) is 0. The Kier molecular flexibility index (Phi) is 6.55. The minimum Gasteiger partial charge on any atom is -0.310 e. The van der Waals surface area contributed by atoms with E-state index in [1.54, 1.807) is 18.2 Å². The van der Waals surface area contributed by atoms with Gasteiger partial charge in [-0.25, -0.2) is 0 Å². The molecule has 3 heteroatoms. The van der Waals surface area contributed by atoms with Crippen LogP contribution in [-0.4, -0.2) is 12.1 Å². The summed E-state index contributed by atoms with van der Waals surface area (Å²) in [6.07, 6.45) is 4.07. The molecule has 6 aromatic rings. The van der Waals surface area contributed by atoms with E-state index in [1.807, 2.05) is 60.7 Å². The fourth-order valence-electron chi connectivity index (χ4n) is 4.91. The van der Waals surface area contributed by atoms with Crippen molar-refractivity contribution < 1.29 is 9.59 Å². The molecular formula is C36H25NO2. The van der Waals surface area contributed by atoms with Crippen LogP contribution in [0.15, 0.2) is 140 Å². The van der Waals surface area contributed by atoms with Gasteiger partial charge in [0, 0.05) is 28.2 Å². The highest BCUT2D eigenvalue weighted by Gasteiger charge is 2.13. The Bertz CT molecular complexity index is 1840. The second-order valence-corrected chi connectivity index (χ2v) is 9.40. The number of hydrogen-bond donors (Lipinski definition) is 0. The maximum atomic E-state index is 13.0. The molecular weight excluding hydrogens is 478 g/mol. The first kappa shape index (κ1) is 24.1. The lowest BCUT2D eigenvalue weighted by Crippen LogP contribution is -2.09. The molecule has 0 amide bonds. The molecule has 0 fully saturated rings. The van der Waals surface area contributed by atoms with E-state index in [4.69, 9.17) is 0 Å². The van der Waals surface area contributed by atoms with Gasteiger partial charge in [0.05, 0.1) is 0 Å². The number of para-hydroxylation sites is 1. The van der Waals surface area contributed by atoms with Crippen LogP contribution in [0.4, 0.5) is 17.1 Å². The first-order chi connectivity index (χ1) is 19.2. The van der Waals surface area contributed by atoms with E-state index in [1.165, 1.54) is 16.8 Å². The van der Waals surface area contributed by atoms with Crippen LogP contribution in [0.25, 0.3) is 27.6 Å². The van der Waals surface area contributed by atoms with Gasteiger partial charge in [-0.1, -0.05) is 91.0 Å². The average molecular weight is 504 g/mol. The number of carbonyl (C=O) groups is 2. The number of hydrogen-bond acceptors (Lipinski definition) is 3. The van der Waals surface area contributed by atoms with Crippen molar-refractivity contribution >= 4 is 56.8 Å². The zero-order valence-electron chi connectivity index (χ0n) is 21.2. The van der Waals surface area contributed by atoms with Crippen molar-refractivity contribution in [2.24, 2.45) is 0 Å². The summed E-state index contributed by atoms with van der Waals surface area (Å²) in [5.74, 6) is -0.200. The lowest BCUT2D eigenvalue weighted by atomic mass is 9.98. The SMILES string of the molecule is O=Cc1cc2ccccc2cc1C(=O)/C=C\c1ccc(N(c2ccccc2)c2ccc3ccccc3c2)cc1. The van der Waals surface area contributed by atoms with Crippen LogP contribution in [0.5, 0.6) is 0 Å². The van der Waals surface area contributed by atoms with Gasteiger partial charge in [0.15, 0.2) is 12.1 Å². The lowest BCUT2D eigenvalue weighted by Gasteiger charge is -2.26. The fraction of sp³-hybridized carbons (Fsp3) is 0. The predicted octanol–water partition coefficient (Wildman–Crippen LogP) is 9.17. The Morgan fingerprint density at radius 1 is 0.538 bits per heavy atom. The van der Waals surface area contributed by atoms with Crippen LogP contribution in [0.1, 0.15) is 26.3 Å². The third-order valence-corrected chi connectivity index (χ3v) is 6.89. The maximum Gasteiger partial charge on any atom is 0.186 e. The molecule has 0 radical (unpaired) electrons. The van der Waals surface area contributed by atoms with E-state index in [0.717, 1.165) is 39.7 Å². The standard InChI is InChI=1S/C36H25NO2/c38-25-31-22-28-9-6-7-11-30(28)24-35(31)36(39)21-16-26-14-18-33(19-15-26)37(32-12-2-1-3-13-32)34-20-17-27-8-4-5-10-29(27)23-34/h1-25H/b21-16-. The molecule has 0 heterocycles. The summed E-state index contributed by atoms with van der Waals surface area (Å²) in [5, 5.41) is 4.24. The topological polar surface area (TPSA) is 37.4 Å². The molecule has 0 aliphatic rings. The highest BCUT2D eigenvalue weighted by molar-refractivity contribution is 6.13. The van der Waals surface area contributed by atoms with Crippen molar-refractivity contribution in [2.45, 2.75) is 0 Å². The Morgan fingerprint density at radius 2 is 1.10 bits per heavy atom. The molecule has 186 valence electrons. The van der Waals surface area contributed by atoms with Gasteiger partial charge < -0.3 is 4.90 Å². The van der Waals surface area contributed by atoms with Crippen LogP contribution in [0.3, 0.4) is 0 Å². The normalized spacial score (nSPS) is 11.2. The number of allylic oxidation sites excluding steroid dienone is 1. The van der Waals surface area contributed by atoms with Gasteiger partial charge >= 0.3 is 0 Å². The van der Waals surface area contributed by atoms with Crippen LogP contribution < -0.4 is 4.90 Å². The molecule has 0 unspecified atom stereocenters. The van der Waals surface area contributed by atoms with Crippen LogP contribution >= 0.6 is 0 Å². The van der Waals surface area contributed by atoms with Crippen molar-refractivity contribution in [3.8, 4) is 0 Å². The molecule has 39 heavy (non-hydrogen) atoms. The van der Waals surface area contributed by atoms with Crippen molar-refractivity contribution in [2.75, 3.05) is 4.90 Å². The second-order valence-electron chi connectivity index (χ2n) is 9.40. The number of ketones is 1. The number of fused-ring (bicyclic) bond motifs is 2. The summed E-state index contributed by atoms with van der Waals surface area (Å²) < 4.78 is 0. The molecule has 0 saturated carbocycles. The highest BCUT2D eigenvalue weighted by atomic mass is 16.1. The van der Waals surface area contributed by atoms with Gasteiger partial charge in [-0.3, -0.25) is 9.59 Å². The Labute approximate surface area is 227 Å². The third kappa shape index (κ3) is 4.98. The van der Waals surface area contributed by atoms with Crippen molar-refractivity contribution in [1.82, 2.24) is 0 Å². The Hall–Kier alpha value is -5.28. The molecule has 0 bridgehead atoms. The van der Waals surface area contributed by atoms with Gasteiger partial charge in [0.1, 0.15) is 0 Å². The molecule has 6 aromatic carbocycles. The highest BCUT2D eigenvalue weighted by Crippen LogP contribution is 2.36. The molecule has 0 aromatic heterocycles. The summed E-state index contributed by atoms with van der Waals surface area (Å²) in [4.78, 5) is 26.9. The maximum absolute atomic E-state index is 13.0. The Balaban J connectivity index is 1.30. The summed E-state index contributed by atoms with van der Waals surface area (Å²) in [5.41, 5.74) is 4.83. The molecule has 0 aliphatic heterocycles. The van der Waals surface area contributed by atoms with E-state index >= 15 is 0 Å². The van der Waals surface area contributed by atoms with Gasteiger partial charge in [-0.2, -0.15) is 0 Å². The number of carbonyl (C=O) groups excluding carboxylic acids is 2. The zero-order valence-corrected chi connectivity index (χ0v) is 21.2. The quantitative estimate of drug-likeness (QED) is 0.124. The summed E-state index contributed by atoms with van der Waals surface area (Å²) in [7, 11) is 0. The van der Waals surface area contributed by atoms with Crippen LogP contribution in [0, 0.1) is 0 Å². The Morgan fingerprint density at radius 3 is 1.79 bits per heavy atom. The minimum atomic E-state index is -0.200. The molecule has 0 saturated heterocycles. The smallest absolute Gasteiger partial charge is 0.186 e. The number of nitrogens with zero attached hydrogens (tertiary/aromatic N) is 1. The van der Waals surface area contributed by atoms with E-state index in [2.05, 4.69) is 65.6 Å². The first-order valence-electron chi connectivity index (χ1n) is 12.8. The summed E-state index contributed by atoms with van der Waals surface area (Å²) >= 11 is 0. The van der Waals surface area contributed by atoms with E-state index in [9.17, 15) is 9.59 Å². The lowest BCUT2D eigenvalue weighted by molar-refractivity contribution is 0.103. The van der Waals surface area contributed by atoms with Crippen molar-refractivity contribution in [3.63, 3.8) is 0 Å². The summed E-state index contributed by atoms with van der Waals surface area (Å²) in [6, 6.07) is 44.5. The predicted molar refractivity (Wildman–Crippen MR) is 161 cm³/mol. The number of anilines is 3. The largest absolute Gasteiger partial charge is 0.310 e. The monoisotopic (exact) mass is 503 g/mol. The first-order valence-corrected chi connectivity index (χ1v) is 12.8. The van der Waals surface area contributed by atoms with Crippen LogP contribution in [0.2, 0.25) is 0 Å². The molecule has 3 nitrogen and oxygen atoms in total. The molecule has 0 aliphatic carbocycles. The van der Waals surface area contributed by atoms with Crippen molar-refractivity contribution in [1.29, 1.82) is 0 Å². The van der Waals surface area contributed by atoms with Crippen LogP contribution in [-0.2, 0) is 0 Å². The van der Waals surface area contributed by atoms with Crippen molar-refractivity contribution in [3.05, 3.63) is 156 Å². The minimum absolute atomic E-state index is 0.200. The molecule has 0 atom stereocenters. The fourth-order valence-corrected chi connectivity index (χ4v) is 4.91. The van der Waals surface area contributed by atoms with E-state index in [-0.39, 0.29) is 5.78 Å². The third-order valence-electron chi connectivity index (χ3n) is 6.89. The van der Waals surface area contributed by atoms with Gasteiger partial charge in [0.25, 0.3) is 0 Å². The number of benzene rings is 6. The molecule has 6 rings (SSSR count). The van der Waals surface area contributed by atoms with Gasteiger partial charge in [-0.15, -0.1) is 0 Å².